The number of halogens is 3. The van der Waals surface area contributed by atoms with Crippen molar-refractivity contribution in [2.45, 2.75) is 6.17 Å². The SMILES string of the molecule is O=C(O)C(F)c1ccc(Br)c(Br)c1. The predicted molar refractivity (Wildman–Crippen MR) is 53.3 cm³/mol. The molecule has 0 aliphatic heterocycles. The van der Waals surface area contributed by atoms with Gasteiger partial charge in [-0.25, -0.2) is 9.18 Å². The molecule has 1 atom stereocenters. The largest absolute Gasteiger partial charge is 0.479 e. The van der Waals surface area contributed by atoms with Crippen LogP contribution in [-0.2, 0) is 4.79 Å². The van der Waals surface area contributed by atoms with Crippen LogP contribution in [0.1, 0.15) is 11.7 Å². The Morgan fingerprint density at radius 3 is 2.46 bits per heavy atom. The van der Waals surface area contributed by atoms with E-state index < -0.39 is 12.1 Å². The number of benzene rings is 1. The minimum Gasteiger partial charge on any atom is -0.479 e. The maximum atomic E-state index is 12.9. The molecule has 1 N–H and O–H groups in total. The summed E-state index contributed by atoms with van der Waals surface area (Å²) < 4.78 is 14.3. The first kappa shape index (κ1) is 10.7. The van der Waals surface area contributed by atoms with Crippen molar-refractivity contribution < 1.29 is 14.3 Å². The number of carboxylic acid groups (broad SMARTS) is 1. The molecule has 0 heterocycles. The molecule has 0 bridgehead atoms. The maximum Gasteiger partial charge on any atom is 0.343 e. The molecule has 0 saturated heterocycles. The number of hydrogen-bond donors (Lipinski definition) is 1. The highest BCUT2D eigenvalue weighted by Crippen LogP contribution is 2.27. The second kappa shape index (κ2) is 4.19. The van der Waals surface area contributed by atoms with Gasteiger partial charge in [0.05, 0.1) is 0 Å². The van der Waals surface area contributed by atoms with Gasteiger partial charge in [-0.1, -0.05) is 6.07 Å². The quantitative estimate of drug-likeness (QED) is 0.910. The number of hydrogen-bond acceptors (Lipinski definition) is 1. The molecule has 1 aromatic rings. The van der Waals surface area contributed by atoms with E-state index in [1.165, 1.54) is 12.1 Å². The Morgan fingerprint density at radius 2 is 2.00 bits per heavy atom. The minimum atomic E-state index is -1.97. The molecule has 0 aliphatic carbocycles. The number of carboxylic acids is 1. The summed E-state index contributed by atoms with van der Waals surface area (Å²) in [7, 11) is 0. The predicted octanol–water partition coefficient (Wildman–Crippen LogP) is 3.31. The Bertz CT molecular complexity index is 341. The van der Waals surface area contributed by atoms with Crippen molar-refractivity contribution in [1.82, 2.24) is 0 Å². The van der Waals surface area contributed by atoms with Gasteiger partial charge < -0.3 is 5.11 Å². The molecular weight excluding hydrogens is 307 g/mol. The van der Waals surface area contributed by atoms with Gasteiger partial charge in [-0.05, 0) is 49.6 Å². The first-order valence-corrected chi connectivity index (χ1v) is 4.93. The fourth-order valence-electron chi connectivity index (χ4n) is 0.813. The number of carbonyl (C=O) groups is 1. The molecule has 70 valence electrons. The van der Waals surface area contributed by atoms with E-state index >= 15 is 0 Å². The van der Waals surface area contributed by atoms with Crippen molar-refractivity contribution in [2.24, 2.45) is 0 Å². The fraction of sp³-hybridized carbons (Fsp3) is 0.125. The monoisotopic (exact) mass is 310 g/mol. The van der Waals surface area contributed by atoms with Crippen LogP contribution in [0, 0.1) is 0 Å². The first-order chi connectivity index (χ1) is 6.02. The van der Waals surface area contributed by atoms with Gasteiger partial charge in [0.1, 0.15) is 0 Å². The highest BCUT2D eigenvalue weighted by Gasteiger charge is 2.18. The van der Waals surface area contributed by atoms with Gasteiger partial charge >= 0.3 is 5.97 Å². The molecule has 0 aliphatic rings. The van der Waals surface area contributed by atoms with Gasteiger partial charge in [0.2, 0.25) is 6.17 Å². The van der Waals surface area contributed by atoms with Gasteiger partial charge in [0, 0.05) is 8.95 Å². The minimum absolute atomic E-state index is 0.127. The van der Waals surface area contributed by atoms with Crippen LogP contribution in [0.3, 0.4) is 0 Å². The van der Waals surface area contributed by atoms with Gasteiger partial charge in [0.15, 0.2) is 0 Å². The van der Waals surface area contributed by atoms with Crippen LogP contribution in [0.5, 0.6) is 0 Å². The molecule has 0 amide bonds. The third-order valence-electron chi connectivity index (χ3n) is 1.45. The molecule has 0 radical (unpaired) electrons. The van der Waals surface area contributed by atoms with Crippen molar-refractivity contribution in [1.29, 1.82) is 0 Å². The lowest BCUT2D eigenvalue weighted by atomic mass is 10.1. The number of rotatable bonds is 2. The second-order valence-corrected chi connectivity index (χ2v) is 4.08. The van der Waals surface area contributed by atoms with Crippen LogP contribution in [0.15, 0.2) is 27.1 Å². The molecular formula is C8H5Br2FO2. The Hall–Kier alpha value is -0.420. The van der Waals surface area contributed by atoms with Crippen molar-refractivity contribution >= 4 is 37.8 Å². The van der Waals surface area contributed by atoms with Gasteiger partial charge in [-0.15, -0.1) is 0 Å². The first-order valence-electron chi connectivity index (χ1n) is 3.34. The molecule has 1 rings (SSSR count). The lowest BCUT2D eigenvalue weighted by Gasteiger charge is -2.04. The highest BCUT2D eigenvalue weighted by atomic mass is 79.9. The summed E-state index contributed by atoms with van der Waals surface area (Å²) in [5.74, 6) is -1.48. The zero-order valence-electron chi connectivity index (χ0n) is 6.30. The third kappa shape index (κ3) is 2.51. The van der Waals surface area contributed by atoms with Crippen molar-refractivity contribution in [3.63, 3.8) is 0 Å². The molecule has 2 nitrogen and oxygen atoms in total. The molecule has 0 aromatic heterocycles. The summed E-state index contributed by atoms with van der Waals surface area (Å²) in [6, 6.07) is 4.45. The lowest BCUT2D eigenvalue weighted by molar-refractivity contribution is -0.143. The average Bonchev–Trinajstić information content (AvgIpc) is 2.08. The van der Waals surface area contributed by atoms with Crippen LogP contribution in [0.2, 0.25) is 0 Å². The zero-order chi connectivity index (χ0) is 10.0. The van der Waals surface area contributed by atoms with E-state index in [1.807, 2.05) is 0 Å². The van der Waals surface area contributed by atoms with Gasteiger partial charge in [0.25, 0.3) is 0 Å². The molecule has 5 heteroatoms. The molecule has 1 aromatic carbocycles. The maximum absolute atomic E-state index is 12.9. The van der Waals surface area contributed by atoms with Crippen LogP contribution >= 0.6 is 31.9 Å². The van der Waals surface area contributed by atoms with Crippen LogP contribution in [0.25, 0.3) is 0 Å². The van der Waals surface area contributed by atoms with Crippen LogP contribution < -0.4 is 0 Å². The number of alkyl halides is 1. The summed E-state index contributed by atoms with van der Waals surface area (Å²) in [6.45, 7) is 0. The smallest absolute Gasteiger partial charge is 0.343 e. The van der Waals surface area contributed by atoms with E-state index in [2.05, 4.69) is 31.9 Å². The van der Waals surface area contributed by atoms with E-state index in [0.29, 0.717) is 4.47 Å². The Balaban J connectivity index is 3.03. The molecule has 0 fully saturated rings. The second-order valence-electron chi connectivity index (χ2n) is 2.37. The van der Waals surface area contributed by atoms with Crippen molar-refractivity contribution in [3.8, 4) is 0 Å². The summed E-state index contributed by atoms with van der Waals surface area (Å²) >= 11 is 6.36. The Morgan fingerprint density at radius 1 is 1.38 bits per heavy atom. The average molecular weight is 312 g/mol. The van der Waals surface area contributed by atoms with Crippen molar-refractivity contribution in [3.05, 3.63) is 32.7 Å². The molecule has 1 unspecified atom stereocenters. The highest BCUT2D eigenvalue weighted by molar-refractivity contribution is 9.13. The van der Waals surface area contributed by atoms with E-state index in [9.17, 15) is 9.18 Å². The van der Waals surface area contributed by atoms with E-state index in [0.717, 1.165) is 4.47 Å². The molecule has 0 saturated carbocycles. The normalized spacial score (nSPS) is 12.5. The van der Waals surface area contributed by atoms with Crippen LogP contribution in [0.4, 0.5) is 4.39 Å². The Kier molecular flexibility index (Phi) is 3.44. The van der Waals surface area contributed by atoms with E-state index in [-0.39, 0.29) is 5.56 Å². The molecule has 0 spiro atoms. The van der Waals surface area contributed by atoms with Gasteiger partial charge in [-0.2, -0.15) is 0 Å². The standard InChI is InChI=1S/C8H5Br2FO2/c9-5-2-1-4(3-6(5)10)7(11)8(12)13/h1-3,7H,(H,12,13). The number of aliphatic carboxylic acids is 1. The van der Waals surface area contributed by atoms with Gasteiger partial charge in [-0.3, -0.25) is 0 Å². The summed E-state index contributed by atoms with van der Waals surface area (Å²) in [5, 5.41) is 8.39. The lowest BCUT2D eigenvalue weighted by Crippen LogP contribution is -2.05. The summed E-state index contributed by atoms with van der Waals surface area (Å²) in [6.07, 6.45) is -1.97. The Labute approximate surface area is 91.0 Å². The fourth-order valence-corrected chi connectivity index (χ4v) is 1.46. The topological polar surface area (TPSA) is 37.3 Å². The van der Waals surface area contributed by atoms with Crippen LogP contribution in [-0.4, -0.2) is 11.1 Å². The third-order valence-corrected chi connectivity index (χ3v) is 3.33. The van der Waals surface area contributed by atoms with E-state index in [1.54, 1.807) is 6.07 Å². The summed E-state index contributed by atoms with van der Waals surface area (Å²) in [4.78, 5) is 10.3. The zero-order valence-corrected chi connectivity index (χ0v) is 9.47. The molecule has 13 heavy (non-hydrogen) atoms. The van der Waals surface area contributed by atoms with E-state index in [4.69, 9.17) is 5.11 Å². The summed E-state index contributed by atoms with van der Waals surface area (Å²) in [5.41, 5.74) is 0.127. The van der Waals surface area contributed by atoms with Crippen molar-refractivity contribution in [2.75, 3.05) is 0 Å².